The summed E-state index contributed by atoms with van der Waals surface area (Å²) in [7, 11) is 0. The molecule has 0 bridgehead atoms. The number of nitrogens with one attached hydrogen (secondary N) is 1. The molecule has 102 valence electrons. The van der Waals surface area contributed by atoms with Crippen LogP contribution >= 0.6 is 22.9 Å². The number of rotatable bonds is 8. The van der Waals surface area contributed by atoms with Crippen molar-refractivity contribution in [1.82, 2.24) is 5.32 Å². The Morgan fingerprint density at radius 2 is 2.17 bits per heavy atom. The molecular weight excluding hydrogens is 266 g/mol. The number of hydrogen-bond donors (Lipinski definition) is 1. The highest BCUT2D eigenvalue weighted by Crippen LogP contribution is 2.18. The van der Waals surface area contributed by atoms with E-state index in [2.05, 4.69) is 30.6 Å². The first kappa shape index (κ1) is 15.5. The molecule has 1 heterocycles. The van der Waals surface area contributed by atoms with E-state index >= 15 is 0 Å². The minimum atomic E-state index is -0.221. The fourth-order valence-electron chi connectivity index (χ4n) is 1.89. The second-order valence-electron chi connectivity index (χ2n) is 4.60. The highest BCUT2D eigenvalue weighted by atomic mass is 35.5. The van der Waals surface area contributed by atoms with Crippen molar-refractivity contribution in [2.45, 2.75) is 51.5 Å². The Labute approximate surface area is 119 Å². The lowest BCUT2D eigenvalue weighted by atomic mass is 9.95. The first-order chi connectivity index (χ1) is 8.65. The van der Waals surface area contributed by atoms with Crippen LogP contribution in [-0.2, 0) is 11.2 Å². The van der Waals surface area contributed by atoms with Crippen LogP contribution in [0.2, 0.25) is 0 Å². The van der Waals surface area contributed by atoms with E-state index in [1.54, 1.807) is 11.3 Å². The first-order valence-corrected chi connectivity index (χ1v) is 7.96. The van der Waals surface area contributed by atoms with Crippen LogP contribution in [0.25, 0.3) is 0 Å². The van der Waals surface area contributed by atoms with Gasteiger partial charge in [0, 0.05) is 17.2 Å². The Morgan fingerprint density at radius 1 is 1.44 bits per heavy atom. The monoisotopic (exact) mass is 287 g/mol. The predicted molar refractivity (Wildman–Crippen MR) is 79.4 cm³/mol. The SMILES string of the molecule is CCC(CC)(CCl)NC(=O)CCCc1cccs1. The predicted octanol–water partition coefficient (Wildman–Crippen LogP) is 3.98. The molecule has 4 heteroatoms. The molecule has 0 saturated heterocycles. The van der Waals surface area contributed by atoms with Crippen molar-refractivity contribution in [3.05, 3.63) is 22.4 Å². The van der Waals surface area contributed by atoms with Crippen LogP contribution in [0.5, 0.6) is 0 Å². The van der Waals surface area contributed by atoms with Crippen LogP contribution in [0.3, 0.4) is 0 Å². The van der Waals surface area contributed by atoms with Crippen LogP contribution in [0.1, 0.15) is 44.4 Å². The summed E-state index contributed by atoms with van der Waals surface area (Å²) in [5.74, 6) is 0.604. The van der Waals surface area contributed by atoms with E-state index in [1.165, 1.54) is 4.88 Å². The van der Waals surface area contributed by atoms with Crippen LogP contribution in [-0.4, -0.2) is 17.3 Å². The molecule has 1 N–H and O–H groups in total. The average molecular weight is 288 g/mol. The van der Waals surface area contributed by atoms with Gasteiger partial charge in [0.2, 0.25) is 5.91 Å². The average Bonchev–Trinajstić information content (AvgIpc) is 2.89. The third-order valence-corrected chi connectivity index (χ3v) is 4.87. The topological polar surface area (TPSA) is 29.1 Å². The Balaban J connectivity index is 2.32. The molecule has 0 aromatic carbocycles. The van der Waals surface area contributed by atoms with E-state index in [-0.39, 0.29) is 11.4 Å². The van der Waals surface area contributed by atoms with Gasteiger partial charge in [0.1, 0.15) is 0 Å². The smallest absolute Gasteiger partial charge is 0.220 e. The summed E-state index contributed by atoms with van der Waals surface area (Å²) in [6.07, 6.45) is 4.22. The van der Waals surface area contributed by atoms with Crippen LogP contribution in [0.4, 0.5) is 0 Å². The quantitative estimate of drug-likeness (QED) is 0.720. The van der Waals surface area contributed by atoms with E-state index in [4.69, 9.17) is 11.6 Å². The minimum Gasteiger partial charge on any atom is -0.349 e. The number of carbonyl (C=O) groups excluding carboxylic acids is 1. The Kier molecular flexibility index (Phi) is 6.72. The van der Waals surface area contributed by atoms with E-state index in [9.17, 15) is 4.79 Å². The van der Waals surface area contributed by atoms with Gasteiger partial charge >= 0.3 is 0 Å². The maximum atomic E-state index is 11.9. The lowest BCUT2D eigenvalue weighted by Gasteiger charge is -2.30. The second kappa shape index (κ2) is 7.80. The molecule has 0 radical (unpaired) electrons. The number of alkyl halides is 1. The largest absolute Gasteiger partial charge is 0.349 e. The molecular formula is C14H22ClNOS. The number of aryl methyl sites for hydroxylation is 1. The van der Waals surface area contributed by atoms with Gasteiger partial charge < -0.3 is 5.32 Å². The van der Waals surface area contributed by atoms with E-state index < -0.39 is 0 Å². The molecule has 0 saturated carbocycles. The summed E-state index contributed by atoms with van der Waals surface area (Å²) >= 11 is 7.72. The van der Waals surface area contributed by atoms with Crippen molar-refractivity contribution in [2.75, 3.05) is 5.88 Å². The molecule has 2 nitrogen and oxygen atoms in total. The van der Waals surface area contributed by atoms with Gasteiger partial charge in [-0.25, -0.2) is 0 Å². The fraction of sp³-hybridized carbons (Fsp3) is 0.643. The van der Waals surface area contributed by atoms with Crippen molar-refractivity contribution >= 4 is 28.8 Å². The number of thiophene rings is 1. The summed E-state index contributed by atoms with van der Waals surface area (Å²) in [5.41, 5.74) is -0.221. The molecule has 0 fully saturated rings. The zero-order valence-electron chi connectivity index (χ0n) is 11.2. The lowest BCUT2D eigenvalue weighted by Crippen LogP contribution is -2.49. The third-order valence-electron chi connectivity index (χ3n) is 3.42. The maximum Gasteiger partial charge on any atom is 0.220 e. The highest BCUT2D eigenvalue weighted by molar-refractivity contribution is 7.09. The van der Waals surface area contributed by atoms with Crippen LogP contribution in [0, 0.1) is 0 Å². The number of amides is 1. The molecule has 0 unspecified atom stereocenters. The Morgan fingerprint density at radius 3 is 2.67 bits per heavy atom. The van der Waals surface area contributed by atoms with Crippen LogP contribution < -0.4 is 5.32 Å². The second-order valence-corrected chi connectivity index (χ2v) is 5.90. The van der Waals surface area contributed by atoms with Gasteiger partial charge in [0.05, 0.1) is 5.54 Å². The number of carbonyl (C=O) groups is 1. The van der Waals surface area contributed by atoms with Gasteiger partial charge in [-0.1, -0.05) is 19.9 Å². The first-order valence-electron chi connectivity index (χ1n) is 6.55. The Bertz CT molecular complexity index is 338. The summed E-state index contributed by atoms with van der Waals surface area (Å²) in [5, 5.41) is 5.16. The van der Waals surface area contributed by atoms with Gasteiger partial charge in [-0.15, -0.1) is 22.9 Å². The van der Waals surface area contributed by atoms with E-state index in [1.807, 2.05) is 6.07 Å². The lowest BCUT2D eigenvalue weighted by molar-refractivity contribution is -0.123. The van der Waals surface area contributed by atoms with Gasteiger partial charge in [0.25, 0.3) is 0 Å². The number of hydrogen-bond acceptors (Lipinski definition) is 2. The van der Waals surface area contributed by atoms with Crippen molar-refractivity contribution in [1.29, 1.82) is 0 Å². The van der Waals surface area contributed by atoms with Crippen molar-refractivity contribution < 1.29 is 4.79 Å². The number of halogens is 1. The molecule has 1 aromatic heterocycles. The molecule has 0 aliphatic carbocycles. The molecule has 0 aliphatic heterocycles. The molecule has 1 amide bonds. The van der Waals surface area contributed by atoms with Crippen molar-refractivity contribution in [3.8, 4) is 0 Å². The van der Waals surface area contributed by atoms with Gasteiger partial charge in [-0.05, 0) is 37.1 Å². The summed E-state index contributed by atoms with van der Waals surface area (Å²) in [6.45, 7) is 4.13. The van der Waals surface area contributed by atoms with Gasteiger partial charge in [-0.2, -0.15) is 0 Å². The maximum absolute atomic E-state index is 11.9. The third kappa shape index (κ3) is 4.62. The normalized spacial score (nSPS) is 11.5. The summed E-state index contributed by atoms with van der Waals surface area (Å²) in [6, 6.07) is 4.16. The zero-order valence-corrected chi connectivity index (χ0v) is 12.7. The van der Waals surface area contributed by atoms with Crippen molar-refractivity contribution in [3.63, 3.8) is 0 Å². The Hall–Kier alpha value is -0.540. The fourth-order valence-corrected chi connectivity index (χ4v) is 3.08. The highest BCUT2D eigenvalue weighted by Gasteiger charge is 2.26. The minimum absolute atomic E-state index is 0.121. The molecule has 0 atom stereocenters. The molecule has 1 aromatic rings. The van der Waals surface area contributed by atoms with Crippen LogP contribution in [0.15, 0.2) is 17.5 Å². The molecule has 0 aliphatic rings. The summed E-state index contributed by atoms with van der Waals surface area (Å²) in [4.78, 5) is 13.2. The summed E-state index contributed by atoms with van der Waals surface area (Å²) < 4.78 is 0. The zero-order chi connectivity index (χ0) is 13.4. The molecule has 1 rings (SSSR count). The van der Waals surface area contributed by atoms with Gasteiger partial charge in [-0.3, -0.25) is 4.79 Å². The molecule has 0 spiro atoms. The van der Waals surface area contributed by atoms with Crippen molar-refractivity contribution in [2.24, 2.45) is 0 Å². The standard InChI is InChI=1S/C14H22ClNOS/c1-3-14(4-2,11-15)16-13(17)9-5-7-12-8-6-10-18-12/h6,8,10H,3-5,7,9,11H2,1-2H3,(H,16,17). The van der Waals surface area contributed by atoms with E-state index in [0.29, 0.717) is 12.3 Å². The van der Waals surface area contributed by atoms with E-state index in [0.717, 1.165) is 25.7 Å². The molecule has 18 heavy (non-hydrogen) atoms. The van der Waals surface area contributed by atoms with Gasteiger partial charge in [0.15, 0.2) is 0 Å².